The number of para-hydroxylation sites is 1. The van der Waals surface area contributed by atoms with Crippen molar-refractivity contribution in [2.45, 2.75) is 6.92 Å². The third kappa shape index (κ3) is 4.56. The van der Waals surface area contributed by atoms with Crippen LogP contribution in [0.1, 0.15) is 12.5 Å². The molecule has 0 unspecified atom stereocenters. The maximum absolute atomic E-state index is 12.4. The summed E-state index contributed by atoms with van der Waals surface area (Å²) in [6, 6.07) is 14.2. The van der Waals surface area contributed by atoms with Crippen molar-refractivity contribution in [3.05, 3.63) is 80.4 Å². The highest BCUT2D eigenvalue weighted by Gasteiger charge is 2.33. The zero-order valence-corrected chi connectivity index (χ0v) is 16.6. The molecule has 2 aromatic rings. The number of nitrogens with zero attached hydrogens (tertiary/aromatic N) is 1. The summed E-state index contributed by atoms with van der Waals surface area (Å²) in [5.41, 5.74) is 1.38. The number of rotatable bonds is 4. The van der Waals surface area contributed by atoms with Crippen LogP contribution in [0.5, 0.6) is 0 Å². The van der Waals surface area contributed by atoms with Crippen LogP contribution in [-0.4, -0.2) is 22.7 Å². The van der Waals surface area contributed by atoms with Gasteiger partial charge in [0, 0.05) is 10.0 Å². The minimum atomic E-state index is -0.622. The van der Waals surface area contributed by atoms with Gasteiger partial charge < -0.3 is 9.84 Å². The molecule has 0 spiro atoms. The summed E-state index contributed by atoms with van der Waals surface area (Å²) < 4.78 is 5.08. The molecule has 0 radical (unpaired) electrons. The van der Waals surface area contributed by atoms with Crippen molar-refractivity contribution in [1.82, 2.24) is 0 Å². The third-order valence-electron chi connectivity index (χ3n) is 3.61. The van der Waals surface area contributed by atoms with Crippen molar-refractivity contribution in [3.63, 3.8) is 0 Å². The van der Waals surface area contributed by atoms with E-state index in [1.54, 1.807) is 31.2 Å². The summed E-state index contributed by atoms with van der Waals surface area (Å²) >= 11 is 13.3. The van der Waals surface area contributed by atoms with Gasteiger partial charge in [-0.1, -0.05) is 59.2 Å². The molecule has 3 rings (SSSR count). The molecule has 0 bridgehead atoms. The predicted molar refractivity (Wildman–Crippen MR) is 112 cm³/mol. The lowest BCUT2D eigenvalue weighted by Crippen LogP contribution is -2.12. The lowest BCUT2D eigenvalue weighted by Gasteiger charge is -2.03. The fourth-order valence-electron chi connectivity index (χ4n) is 2.37. The Balaban J connectivity index is 2.06. The molecular weight excluding hydrogens is 405 g/mol. The van der Waals surface area contributed by atoms with Gasteiger partial charge >= 0.3 is 5.97 Å². The average Bonchev–Trinajstić information content (AvgIpc) is 2.93. The second-order valence-electron chi connectivity index (χ2n) is 5.47. The van der Waals surface area contributed by atoms with E-state index in [1.165, 1.54) is 11.8 Å². The number of thioether (sulfide) groups is 1. The number of carbonyl (C=O) groups is 1. The zero-order valence-electron chi connectivity index (χ0n) is 14.3. The second kappa shape index (κ2) is 8.65. The lowest BCUT2D eigenvalue weighted by atomic mass is 10.1. The van der Waals surface area contributed by atoms with Crippen LogP contribution < -0.4 is 0 Å². The highest BCUT2D eigenvalue weighted by atomic mass is 35.5. The molecule has 2 aromatic carbocycles. The van der Waals surface area contributed by atoms with Crippen molar-refractivity contribution >= 4 is 57.7 Å². The quantitative estimate of drug-likeness (QED) is 0.600. The van der Waals surface area contributed by atoms with Gasteiger partial charge in [-0.05, 0) is 42.8 Å². The second-order valence-corrected chi connectivity index (χ2v) is 7.35. The van der Waals surface area contributed by atoms with Crippen LogP contribution in [0.15, 0.2) is 69.8 Å². The van der Waals surface area contributed by atoms with Gasteiger partial charge in [0.15, 0.2) is 0 Å². The molecule has 0 saturated heterocycles. The van der Waals surface area contributed by atoms with Crippen LogP contribution >= 0.6 is 35.0 Å². The molecule has 0 aliphatic carbocycles. The van der Waals surface area contributed by atoms with Crippen molar-refractivity contribution < 1.29 is 14.6 Å². The van der Waals surface area contributed by atoms with Crippen LogP contribution in [0.3, 0.4) is 0 Å². The molecule has 138 valence electrons. The number of aliphatic hydroxyl groups is 1. The average molecular weight is 420 g/mol. The first-order chi connectivity index (χ1) is 13.0. The molecule has 4 nitrogen and oxygen atoms in total. The number of ether oxygens (including phenoxy) is 1. The number of hydrogen-bond donors (Lipinski definition) is 1. The first-order valence-electron chi connectivity index (χ1n) is 8.09. The van der Waals surface area contributed by atoms with Crippen molar-refractivity contribution in [1.29, 1.82) is 0 Å². The Bertz CT molecular complexity index is 968. The van der Waals surface area contributed by atoms with E-state index in [1.807, 2.05) is 30.3 Å². The zero-order chi connectivity index (χ0) is 19.4. The summed E-state index contributed by atoms with van der Waals surface area (Å²) in [6.07, 6.45) is 1.69. The highest BCUT2D eigenvalue weighted by Crippen LogP contribution is 2.41. The smallest absolute Gasteiger partial charge is 0.344 e. The van der Waals surface area contributed by atoms with Gasteiger partial charge in [-0.25, -0.2) is 9.79 Å². The molecular formula is C20H15Cl2NO3S. The molecule has 0 amide bonds. The Hall–Kier alpha value is -2.21. The van der Waals surface area contributed by atoms with E-state index >= 15 is 0 Å². The van der Waals surface area contributed by atoms with Crippen LogP contribution in [-0.2, 0) is 9.53 Å². The van der Waals surface area contributed by atoms with Crippen LogP contribution in [0.25, 0.3) is 6.08 Å². The minimum Gasteiger partial charge on any atom is -0.506 e. The monoisotopic (exact) mass is 419 g/mol. The van der Waals surface area contributed by atoms with Crippen LogP contribution in [0.4, 0.5) is 5.69 Å². The van der Waals surface area contributed by atoms with E-state index in [0.29, 0.717) is 31.2 Å². The van der Waals surface area contributed by atoms with E-state index in [9.17, 15) is 9.90 Å². The van der Waals surface area contributed by atoms with Gasteiger partial charge in [-0.15, -0.1) is 0 Å². The van der Waals surface area contributed by atoms with Gasteiger partial charge in [0.05, 0.1) is 17.2 Å². The summed E-state index contributed by atoms with van der Waals surface area (Å²) in [4.78, 5) is 17.3. The highest BCUT2D eigenvalue weighted by molar-refractivity contribution is 8.18. The molecule has 7 heteroatoms. The number of esters is 1. The Kier molecular flexibility index (Phi) is 6.26. The lowest BCUT2D eigenvalue weighted by molar-refractivity contribution is -0.138. The van der Waals surface area contributed by atoms with Gasteiger partial charge in [0.2, 0.25) is 0 Å². The van der Waals surface area contributed by atoms with E-state index in [-0.39, 0.29) is 17.9 Å². The van der Waals surface area contributed by atoms with Gasteiger partial charge in [0.25, 0.3) is 0 Å². The van der Waals surface area contributed by atoms with E-state index in [0.717, 1.165) is 0 Å². The standard InChI is InChI=1S/C20H15Cl2NO3S/c1-2-26-20(25)17-18(24)16(10-12-8-9-13(21)11-15(12)22)27-19(17)23-14-6-4-3-5-7-14/h3-11,24H,2H2,1H3. The van der Waals surface area contributed by atoms with Crippen LogP contribution in [0.2, 0.25) is 10.0 Å². The van der Waals surface area contributed by atoms with E-state index in [2.05, 4.69) is 4.99 Å². The number of halogens is 2. The third-order valence-corrected chi connectivity index (χ3v) is 5.19. The molecule has 27 heavy (non-hydrogen) atoms. The topological polar surface area (TPSA) is 58.9 Å². The summed E-state index contributed by atoms with van der Waals surface area (Å²) in [6.45, 7) is 1.90. The molecule has 1 aliphatic rings. The SMILES string of the molecule is CCOC(=O)C1=C(O)C(=Cc2ccc(Cl)cc2Cl)SC1=Nc1ccccc1. The molecule has 0 saturated carbocycles. The number of hydrogen-bond acceptors (Lipinski definition) is 5. The number of aliphatic hydroxyl groups excluding tert-OH is 1. The summed E-state index contributed by atoms with van der Waals surface area (Å²) in [7, 11) is 0. The molecule has 1 N–H and O–H groups in total. The van der Waals surface area contributed by atoms with Crippen LogP contribution in [0, 0.1) is 0 Å². The predicted octanol–water partition coefficient (Wildman–Crippen LogP) is 6.19. The summed E-state index contributed by atoms with van der Waals surface area (Å²) in [5.74, 6) is -0.804. The molecule has 1 heterocycles. The van der Waals surface area contributed by atoms with Crippen molar-refractivity contribution in [3.8, 4) is 0 Å². The first kappa shape index (κ1) is 19.5. The Labute approximate surface area is 171 Å². The molecule has 0 atom stereocenters. The minimum absolute atomic E-state index is 0.0436. The largest absolute Gasteiger partial charge is 0.506 e. The van der Waals surface area contributed by atoms with Crippen molar-refractivity contribution in [2.24, 2.45) is 4.99 Å². The van der Waals surface area contributed by atoms with Gasteiger partial charge in [0.1, 0.15) is 16.4 Å². The number of benzene rings is 2. The normalized spacial score (nSPS) is 17.0. The van der Waals surface area contributed by atoms with E-state index < -0.39 is 5.97 Å². The first-order valence-corrected chi connectivity index (χ1v) is 9.66. The molecule has 1 aliphatic heterocycles. The molecule has 0 fully saturated rings. The number of aliphatic imine (C=N–C) groups is 1. The summed E-state index contributed by atoms with van der Waals surface area (Å²) in [5, 5.41) is 12.0. The van der Waals surface area contributed by atoms with Crippen molar-refractivity contribution in [2.75, 3.05) is 6.61 Å². The Morgan fingerprint density at radius 3 is 2.63 bits per heavy atom. The molecule has 0 aromatic heterocycles. The Morgan fingerprint density at radius 2 is 1.96 bits per heavy atom. The fourth-order valence-corrected chi connectivity index (χ4v) is 3.86. The van der Waals surface area contributed by atoms with Gasteiger partial charge in [-0.3, -0.25) is 0 Å². The van der Waals surface area contributed by atoms with Gasteiger partial charge in [-0.2, -0.15) is 0 Å². The maximum atomic E-state index is 12.4. The number of carbonyl (C=O) groups excluding carboxylic acids is 1. The fraction of sp³-hybridized carbons (Fsp3) is 0.100. The van der Waals surface area contributed by atoms with E-state index in [4.69, 9.17) is 27.9 Å². The Morgan fingerprint density at radius 1 is 1.22 bits per heavy atom. The maximum Gasteiger partial charge on any atom is 0.344 e.